The molecule has 0 bridgehead atoms. The van der Waals surface area contributed by atoms with Gasteiger partial charge >= 0.3 is 5.97 Å². The molecule has 0 heterocycles. The van der Waals surface area contributed by atoms with Gasteiger partial charge in [-0.15, -0.1) is 0 Å². The van der Waals surface area contributed by atoms with Gasteiger partial charge in [-0.05, 0) is 29.7 Å². The molecular formula is C11H11NO3. The maximum absolute atomic E-state index is 10.8. The van der Waals surface area contributed by atoms with Crippen LogP contribution >= 0.6 is 0 Å². The number of aryl methyl sites for hydroxylation is 1. The van der Waals surface area contributed by atoms with Crippen LogP contribution in [0.25, 0.3) is 0 Å². The van der Waals surface area contributed by atoms with Crippen LogP contribution in [-0.4, -0.2) is 16.2 Å². The largest absolute Gasteiger partial charge is 0.478 e. The van der Waals surface area contributed by atoms with Crippen molar-refractivity contribution in [2.75, 3.05) is 0 Å². The molecule has 0 aliphatic rings. The number of hydrogen-bond donors (Lipinski definition) is 2. The molecule has 15 heavy (non-hydrogen) atoms. The van der Waals surface area contributed by atoms with Crippen molar-refractivity contribution in [3.05, 3.63) is 34.4 Å². The van der Waals surface area contributed by atoms with Crippen molar-refractivity contribution in [2.24, 2.45) is 0 Å². The number of aliphatic hydroxyl groups is 1. The lowest BCUT2D eigenvalue weighted by atomic mass is 9.97. The molecule has 78 valence electrons. The number of carboxylic acid groups (broad SMARTS) is 1. The maximum atomic E-state index is 10.8. The number of aromatic carboxylic acids is 1. The first-order chi connectivity index (χ1) is 7.13. The fraction of sp³-hybridized carbons (Fsp3) is 0.273. The monoisotopic (exact) mass is 205 g/mol. The van der Waals surface area contributed by atoms with Crippen LogP contribution < -0.4 is 0 Å². The summed E-state index contributed by atoms with van der Waals surface area (Å²) in [5.41, 5.74) is 1.51. The van der Waals surface area contributed by atoms with Crippen molar-refractivity contribution < 1.29 is 15.0 Å². The Morgan fingerprint density at radius 2 is 2.07 bits per heavy atom. The summed E-state index contributed by atoms with van der Waals surface area (Å²) >= 11 is 0. The van der Waals surface area contributed by atoms with Gasteiger partial charge in [-0.2, -0.15) is 5.26 Å². The quantitative estimate of drug-likeness (QED) is 0.779. The second-order valence-corrected chi connectivity index (χ2v) is 3.10. The standard InChI is InChI=1S/C11H11NO3/c1-2-7-3-8(11(14)15)4-9(6-13)10(7)5-12/h3-4,13H,2,6H2,1H3,(H,14,15). The zero-order chi connectivity index (χ0) is 11.4. The predicted octanol–water partition coefficient (Wildman–Crippen LogP) is 1.31. The number of rotatable bonds is 3. The van der Waals surface area contributed by atoms with E-state index in [1.807, 2.05) is 13.0 Å². The Morgan fingerprint density at radius 3 is 2.47 bits per heavy atom. The van der Waals surface area contributed by atoms with E-state index in [0.29, 0.717) is 23.1 Å². The second-order valence-electron chi connectivity index (χ2n) is 3.10. The molecule has 0 unspecified atom stereocenters. The molecule has 2 N–H and O–H groups in total. The van der Waals surface area contributed by atoms with Gasteiger partial charge in [-0.25, -0.2) is 4.79 Å². The zero-order valence-electron chi connectivity index (χ0n) is 8.32. The van der Waals surface area contributed by atoms with Gasteiger partial charge in [0.05, 0.1) is 23.8 Å². The zero-order valence-corrected chi connectivity index (χ0v) is 8.32. The Labute approximate surface area is 87.4 Å². The van der Waals surface area contributed by atoms with Crippen LogP contribution in [0.1, 0.15) is 34.0 Å². The summed E-state index contributed by atoms with van der Waals surface area (Å²) in [6, 6.07) is 4.78. The third kappa shape index (κ3) is 2.14. The van der Waals surface area contributed by atoms with Gasteiger partial charge < -0.3 is 10.2 Å². The fourth-order valence-electron chi connectivity index (χ4n) is 1.44. The van der Waals surface area contributed by atoms with E-state index in [-0.39, 0.29) is 12.2 Å². The SMILES string of the molecule is CCc1cc(C(=O)O)cc(CO)c1C#N. The second kappa shape index (κ2) is 4.58. The van der Waals surface area contributed by atoms with Gasteiger partial charge in [0, 0.05) is 0 Å². The van der Waals surface area contributed by atoms with Gasteiger partial charge in [0.1, 0.15) is 0 Å². The highest BCUT2D eigenvalue weighted by Crippen LogP contribution is 2.18. The van der Waals surface area contributed by atoms with Crippen LogP contribution in [-0.2, 0) is 13.0 Å². The van der Waals surface area contributed by atoms with E-state index in [1.54, 1.807) is 0 Å². The average molecular weight is 205 g/mol. The Bertz CT molecular complexity index is 407. The van der Waals surface area contributed by atoms with Crippen molar-refractivity contribution in [1.82, 2.24) is 0 Å². The number of aliphatic hydroxyl groups excluding tert-OH is 1. The third-order valence-electron chi connectivity index (χ3n) is 2.21. The molecule has 0 fully saturated rings. The van der Waals surface area contributed by atoms with Crippen LogP contribution in [0.2, 0.25) is 0 Å². The molecule has 4 heteroatoms. The van der Waals surface area contributed by atoms with Gasteiger partial charge in [0.15, 0.2) is 0 Å². The molecule has 0 saturated heterocycles. The normalized spacial score (nSPS) is 9.67. The van der Waals surface area contributed by atoms with Crippen molar-refractivity contribution in [1.29, 1.82) is 5.26 Å². The summed E-state index contributed by atoms with van der Waals surface area (Å²) in [5.74, 6) is -1.05. The number of nitriles is 1. The maximum Gasteiger partial charge on any atom is 0.335 e. The third-order valence-corrected chi connectivity index (χ3v) is 2.21. The summed E-state index contributed by atoms with van der Waals surface area (Å²) in [6.07, 6.45) is 0.566. The molecule has 0 radical (unpaired) electrons. The molecule has 0 atom stereocenters. The van der Waals surface area contributed by atoms with Crippen LogP contribution in [0.15, 0.2) is 12.1 Å². The lowest BCUT2D eigenvalue weighted by molar-refractivity contribution is 0.0696. The summed E-state index contributed by atoms with van der Waals surface area (Å²) in [6.45, 7) is 1.51. The van der Waals surface area contributed by atoms with E-state index < -0.39 is 5.97 Å². The lowest BCUT2D eigenvalue weighted by Gasteiger charge is -2.07. The van der Waals surface area contributed by atoms with E-state index in [1.165, 1.54) is 12.1 Å². The predicted molar refractivity (Wildman–Crippen MR) is 53.4 cm³/mol. The first kappa shape index (κ1) is 11.2. The number of hydrogen-bond acceptors (Lipinski definition) is 3. The Balaban J connectivity index is 3.44. The van der Waals surface area contributed by atoms with Gasteiger partial charge in [0.25, 0.3) is 0 Å². The van der Waals surface area contributed by atoms with E-state index in [4.69, 9.17) is 15.5 Å². The van der Waals surface area contributed by atoms with Gasteiger partial charge in [-0.1, -0.05) is 6.92 Å². The van der Waals surface area contributed by atoms with Crippen LogP contribution in [0.4, 0.5) is 0 Å². The van der Waals surface area contributed by atoms with E-state index in [2.05, 4.69) is 0 Å². The minimum absolute atomic E-state index is 0.106. The molecule has 4 nitrogen and oxygen atoms in total. The van der Waals surface area contributed by atoms with Gasteiger partial charge in [0.2, 0.25) is 0 Å². The molecular weight excluding hydrogens is 194 g/mol. The Hall–Kier alpha value is -1.86. The number of benzene rings is 1. The topological polar surface area (TPSA) is 81.3 Å². The number of carbonyl (C=O) groups is 1. The molecule has 0 aliphatic heterocycles. The lowest BCUT2D eigenvalue weighted by Crippen LogP contribution is -2.03. The highest BCUT2D eigenvalue weighted by molar-refractivity contribution is 5.88. The molecule has 0 spiro atoms. The molecule has 1 aromatic carbocycles. The van der Waals surface area contributed by atoms with Gasteiger partial charge in [-0.3, -0.25) is 0 Å². The fourth-order valence-corrected chi connectivity index (χ4v) is 1.44. The molecule has 0 amide bonds. The minimum atomic E-state index is -1.05. The molecule has 0 saturated carbocycles. The summed E-state index contributed by atoms with van der Waals surface area (Å²) in [7, 11) is 0. The number of carboxylic acids is 1. The molecule has 1 rings (SSSR count). The van der Waals surface area contributed by atoms with Crippen molar-refractivity contribution in [3.63, 3.8) is 0 Å². The first-order valence-electron chi connectivity index (χ1n) is 4.54. The Kier molecular flexibility index (Phi) is 3.42. The first-order valence-corrected chi connectivity index (χ1v) is 4.54. The molecule has 1 aromatic rings. The van der Waals surface area contributed by atoms with E-state index >= 15 is 0 Å². The minimum Gasteiger partial charge on any atom is -0.478 e. The summed E-state index contributed by atoms with van der Waals surface area (Å²) < 4.78 is 0. The molecule has 0 aromatic heterocycles. The van der Waals surface area contributed by atoms with Crippen LogP contribution in [0.3, 0.4) is 0 Å². The highest BCUT2D eigenvalue weighted by Gasteiger charge is 2.12. The smallest absolute Gasteiger partial charge is 0.335 e. The molecule has 0 aliphatic carbocycles. The average Bonchev–Trinajstić information content (AvgIpc) is 2.26. The van der Waals surface area contributed by atoms with Crippen molar-refractivity contribution >= 4 is 5.97 Å². The number of nitrogens with zero attached hydrogens (tertiary/aromatic N) is 1. The van der Waals surface area contributed by atoms with Crippen molar-refractivity contribution in [2.45, 2.75) is 20.0 Å². The summed E-state index contributed by atoms with van der Waals surface area (Å²) in [5, 5.41) is 26.7. The highest BCUT2D eigenvalue weighted by atomic mass is 16.4. The Morgan fingerprint density at radius 1 is 1.47 bits per heavy atom. The van der Waals surface area contributed by atoms with E-state index in [0.717, 1.165) is 0 Å². The van der Waals surface area contributed by atoms with E-state index in [9.17, 15) is 4.79 Å². The van der Waals surface area contributed by atoms with Crippen molar-refractivity contribution in [3.8, 4) is 6.07 Å². The summed E-state index contributed by atoms with van der Waals surface area (Å²) in [4.78, 5) is 10.8. The van der Waals surface area contributed by atoms with Crippen LogP contribution in [0, 0.1) is 11.3 Å². The van der Waals surface area contributed by atoms with Crippen LogP contribution in [0.5, 0.6) is 0 Å².